The number of hydrogen-bond acceptors (Lipinski definition) is 2. The number of rotatable bonds is 2. The van der Waals surface area contributed by atoms with Crippen molar-refractivity contribution < 1.29 is 9.90 Å². The number of halogens is 1. The number of aryl methyl sites for hydroxylation is 1. The lowest BCUT2D eigenvalue weighted by atomic mass is 10.0. The first-order valence-electron chi connectivity index (χ1n) is 5.63. The van der Waals surface area contributed by atoms with E-state index in [2.05, 4.69) is 15.2 Å². The average molecular weight is 276 g/mol. The first-order valence-corrected chi connectivity index (χ1v) is 6.00. The molecule has 0 radical (unpaired) electrons. The van der Waals surface area contributed by atoms with Crippen molar-refractivity contribution in [1.29, 1.82) is 0 Å². The smallest absolute Gasteiger partial charge is 0.339 e. The number of hydrogen-bond donors (Lipinski definition) is 3. The molecule has 2 aromatic heterocycles. The topological polar surface area (TPSA) is 81.8 Å². The van der Waals surface area contributed by atoms with Gasteiger partial charge in [0.2, 0.25) is 0 Å². The van der Waals surface area contributed by atoms with Crippen LogP contribution in [0, 0.1) is 6.92 Å². The zero-order valence-electron chi connectivity index (χ0n) is 9.99. The molecule has 0 atom stereocenters. The predicted molar refractivity (Wildman–Crippen MR) is 72.6 cm³/mol. The Labute approximate surface area is 113 Å². The number of benzene rings is 1. The van der Waals surface area contributed by atoms with Crippen LogP contribution in [0.15, 0.2) is 24.4 Å². The van der Waals surface area contributed by atoms with E-state index in [1.54, 1.807) is 6.07 Å². The van der Waals surface area contributed by atoms with Gasteiger partial charge in [-0.2, -0.15) is 5.10 Å². The zero-order chi connectivity index (χ0) is 13.6. The molecule has 0 saturated carbocycles. The van der Waals surface area contributed by atoms with Gasteiger partial charge in [0.1, 0.15) is 5.56 Å². The lowest BCUT2D eigenvalue weighted by Gasteiger charge is -2.00. The Balaban J connectivity index is 2.35. The van der Waals surface area contributed by atoms with Crippen molar-refractivity contribution in [3.63, 3.8) is 0 Å². The summed E-state index contributed by atoms with van der Waals surface area (Å²) in [5, 5.41) is 17.2. The van der Waals surface area contributed by atoms with E-state index in [1.165, 1.54) is 6.20 Å². The Morgan fingerprint density at radius 1 is 1.42 bits per heavy atom. The van der Waals surface area contributed by atoms with E-state index in [0.29, 0.717) is 10.7 Å². The van der Waals surface area contributed by atoms with E-state index >= 15 is 0 Å². The Hall–Kier alpha value is -2.27. The molecule has 0 unspecified atom stereocenters. The molecule has 0 bridgehead atoms. The maximum absolute atomic E-state index is 11.2. The lowest BCUT2D eigenvalue weighted by Crippen LogP contribution is -1.97. The molecule has 0 spiro atoms. The van der Waals surface area contributed by atoms with Crippen molar-refractivity contribution in [3.8, 4) is 11.3 Å². The van der Waals surface area contributed by atoms with Crippen LogP contribution >= 0.6 is 11.6 Å². The summed E-state index contributed by atoms with van der Waals surface area (Å²) in [6.07, 6.45) is 1.31. The number of carboxylic acid groups (broad SMARTS) is 1. The molecule has 3 rings (SSSR count). The minimum absolute atomic E-state index is 0.143. The van der Waals surface area contributed by atoms with Crippen LogP contribution in [0.5, 0.6) is 0 Å². The van der Waals surface area contributed by atoms with Crippen LogP contribution in [0.4, 0.5) is 0 Å². The summed E-state index contributed by atoms with van der Waals surface area (Å²) in [7, 11) is 0. The molecule has 0 aliphatic rings. The van der Waals surface area contributed by atoms with Gasteiger partial charge in [0.05, 0.1) is 11.9 Å². The van der Waals surface area contributed by atoms with Crippen molar-refractivity contribution in [2.45, 2.75) is 6.92 Å². The van der Waals surface area contributed by atoms with Gasteiger partial charge in [0, 0.05) is 27.2 Å². The number of aromatic amines is 2. The molecule has 3 aromatic rings. The van der Waals surface area contributed by atoms with Crippen LogP contribution in [-0.2, 0) is 0 Å². The number of carboxylic acids is 1. The highest BCUT2D eigenvalue weighted by Crippen LogP contribution is 2.34. The van der Waals surface area contributed by atoms with Crippen LogP contribution in [0.3, 0.4) is 0 Å². The third-order valence-corrected chi connectivity index (χ3v) is 3.30. The van der Waals surface area contributed by atoms with Crippen molar-refractivity contribution in [2.75, 3.05) is 0 Å². The predicted octanol–water partition coefficient (Wildman–Crippen LogP) is 3.22. The van der Waals surface area contributed by atoms with Gasteiger partial charge in [-0.3, -0.25) is 5.10 Å². The number of H-pyrrole nitrogens is 2. The van der Waals surface area contributed by atoms with Crippen molar-refractivity contribution >= 4 is 28.5 Å². The average Bonchev–Trinajstić information content (AvgIpc) is 2.91. The fourth-order valence-corrected chi connectivity index (χ4v) is 2.43. The largest absolute Gasteiger partial charge is 0.478 e. The van der Waals surface area contributed by atoms with Crippen molar-refractivity contribution in [2.24, 2.45) is 0 Å². The molecular formula is C13H10ClN3O2. The van der Waals surface area contributed by atoms with Gasteiger partial charge in [-0.15, -0.1) is 0 Å². The highest BCUT2D eigenvalue weighted by atomic mass is 35.5. The lowest BCUT2D eigenvalue weighted by molar-refractivity contribution is 0.0698. The van der Waals surface area contributed by atoms with E-state index < -0.39 is 5.97 Å². The van der Waals surface area contributed by atoms with Crippen molar-refractivity contribution in [1.82, 2.24) is 15.2 Å². The molecule has 5 nitrogen and oxygen atoms in total. The summed E-state index contributed by atoms with van der Waals surface area (Å²) >= 11 is 6.01. The Bertz CT molecular complexity index is 788. The van der Waals surface area contributed by atoms with Gasteiger partial charge in [-0.05, 0) is 25.1 Å². The van der Waals surface area contributed by atoms with Gasteiger partial charge in [-0.25, -0.2) is 4.79 Å². The second-order valence-electron chi connectivity index (χ2n) is 4.28. The van der Waals surface area contributed by atoms with Gasteiger partial charge in [0.25, 0.3) is 0 Å². The quantitative estimate of drug-likeness (QED) is 0.671. The maximum Gasteiger partial charge on any atom is 0.339 e. The molecule has 0 amide bonds. The third-order valence-electron chi connectivity index (χ3n) is 3.07. The summed E-state index contributed by atoms with van der Waals surface area (Å²) < 4.78 is 0. The summed E-state index contributed by atoms with van der Waals surface area (Å²) in [6.45, 7) is 1.88. The summed E-state index contributed by atoms with van der Waals surface area (Å²) in [4.78, 5) is 14.4. The standard InChI is InChI=1S/C13H10ClN3O2/c1-6-11(12-9(13(18)19)5-15-17-12)8-4-7(14)2-3-10(8)16-6/h2-5,16H,1H3,(H,15,17)(H,18,19). The third kappa shape index (κ3) is 1.79. The SMILES string of the molecule is Cc1[nH]c2ccc(Cl)cc2c1-c1[nH]ncc1C(=O)O. The number of fused-ring (bicyclic) bond motifs is 1. The Morgan fingerprint density at radius 3 is 2.95 bits per heavy atom. The molecule has 0 saturated heterocycles. The Morgan fingerprint density at radius 2 is 2.21 bits per heavy atom. The molecule has 1 aromatic carbocycles. The van der Waals surface area contributed by atoms with Gasteiger partial charge in [-0.1, -0.05) is 11.6 Å². The summed E-state index contributed by atoms with van der Waals surface area (Å²) in [6, 6.07) is 5.46. The van der Waals surface area contributed by atoms with Crippen LogP contribution < -0.4 is 0 Å². The summed E-state index contributed by atoms with van der Waals surface area (Å²) in [5.74, 6) is -1.01. The van der Waals surface area contributed by atoms with Crippen LogP contribution in [0.25, 0.3) is 22.2 Å². The number of aromatic nitrogens is 3. The normalized spacial score (nSPS) is 11.1. The van der Waals surface area contributed by atoms with E-state index in [0.717, 1.165) is 22.2 Å². The fourth-order valence-electron chi connectivity index (χ4n) is 2.26. The number of nitrogens with one attached hydrogen (secondary N) is 2. The number of aromatic carboxylic acids is 1. The monoisotopic (exact) mass is 275 g/mol. The van der Waals surface area contributed by atoms with Crippen LogP contribution in [-0.4, -0.2) is 26.3 Å². The van der Waals surface area contributed by atoms with Crippen molar-refractivity contribution in [3.05, 3.63) is 40.7 Å². The maximum atomic E-state index is 11.2. The first-order chi connectivity index (χ1) is 9.08. The molecule has 2 heterocycles. The molecule has 3 N–H and O–H groups in total. The highest BCUT2D eigenvalue weighted by molar-refractivity contribution is 6.31. The molecule has 0 fully saturated rings. The fraction of sp³-hybridized carbons (Fsp3) is 0.0769. The molecular weight excluding hydrogens is 266 g/mol. The van der Waals surface area contributed by atoms with Gasteiger partial charge < -0.3 is 10.1 Å². The van der Waals surface area contributed by atoms with E-state index in [-0.39, 0.29) is 5.56 Å². The molecule has 0 aliphatic carbocycles. The van der Waals surface area contributed by atoms with E-state index in [4.69, 9.17) is 11.6 Å². The number of carbonyl (C=O) groups is 1. The minimum Gasteiger partial charge on any atom is -0.478 e. The molecule has 6 heteroatoms. The van der Waals surface area contributed by atoms with E-state index in [1.807, 2.05) is 19.1 Å². The summed E-state index contributed by atoms with van der Waals surface area (Å²) in [5.41, 5.74) is 3.18. The zero-order valence-corrected chi connectivity index (χ0v) is 10.7. The molecule has 19 heavy (non-hydrogen) atoms. The second kappa shape index (κ2) is 4.13. The number of nitrogens with zero attached hydrogens (tertiary/aromatic N) is 1. The molecule has 96 valence electrons. The van der Waals surface area contributed by atoms with Gasteiger partial charge in [0.15, 0.2) is 0 Å². The van der Waals surface area contributed by atoms with Gasteiger partial charge >= 0.3 is 5.97 Å². The van der Waals surface area contributed by atoms with Crippen LogP contribution in [0.1, 0.15) is 16.1 Å². The minimum atomic E-state index is -1.01. The Kier molecular flexibility index (Phi) is 2.57. The highest BCUT2D eigenvalue weighted by Gasteiger charge is 2.19. The molecule has 0 aliphatic heterocycles. The first kappa shape index (κ1) is 11.8. The van der Waals surface area contributed by atoms with E-state index in [9.17, 15) is 9.90 Å². The van der Waals surface area contributed by atoms with Crippen LogP contribution in [0.2, 0.25) is 5.02 Å². The second-order valence-corrected chi connectivity index (χ2v) is 4.72.